The van der Waals surface area contributed by atoms with Crippen molar-refractivity contribution in [1.82, 2.24) is 9.55 Å². The van der Waals surface area contributed by atoms with Gasteiger partial charge in [-0.2, -0.15) is 0 Å². The molecular formula is C13H16ClFN4. The van der Waals surface area contributed by atoms with Crippen LogP contribution in [0.15, 0.2) is 30.7 Å². The molecular weight excluding hydrogens is 267 g/mol. The fourth-order valence-electron chi connectivity index (χ4n) is 1.93. The average molecular weight is 283 g/mol. The summed E-state index contributed by atoms with van der Waals surface area (Å²) in [6.07, 6.45) is 3.49. The molecule has 0 bridgehead atoms. The van der Waals surface area contributed by atoms with E-state index in [1.54, 1.807) is 12.5 Å². The van der Waals surface area contributed by atoms with Crippen molar-refractivity contribution in [2.75, 3.05) is 11.9 Å². The Kier molecular flexibility index (Phi) is 4.39. The molecule has 0 aliphatic heterocycles. The second kappa shape index (κ2) is 6.04. The molecule has 1 aromatic carbocycles. The predicted octanol–water partition coefficient (Wildman–Crippen LogP) is 2.81. The summed E-state index contributed by atoms with van der Waals surface area (Å²) >= 11 is 6.04. The van der Waals surface area contributed by atoms with Crippen LogP contribution in [0.1, 0.15) is 18.7 Å². The Morgan fingerprint density at radius 2 is 2.32 bits per heavy atom. The van der Waals surface area contributed by atoms with Gasteiger partial charge in [0, 0.05) is 13.1 Å². The highest BCUT2D eigenvalue weighted by Crippen LogP contribution is 2.26. The minimum Gasteiger partial charge on any atom is -0.374 e. The van der Waals surface area contributed by atoms with Crippen molar-refractivity contribution >= 4 is 17.3 Å². The summed E-state index contributed by atoms with van der Waals surface area (Å²) < 4.78 is 15.2. The molecule has 3 N–H and O–H groups in total. The molecule has 2 rings (SSSR count). The Morgan fingerprint density at radius 1 is 1.53 bits per heavy atom. The maximum atomic E-state index is 13.2. The van der Waals surface area contributed by atoms with E-state index in [-0.39, 0.29) is 11.9 Å². The molecule has 1 heterocycles. The molecule has 0 aliphatic carbocycles. The molecule has 1 unspecified atom stereocenters. The minimum absolute atomic E-state index is 0.165. The van der Waals surface area contributed by atoms with Crippen LogP contribution in [0.3, 0.4) is 0 Å². The first-order valence-corrected chi connectivity index (χ1v) is 6.45. The standard InChI is InChI=1S/C13H16ClFN4/c1-2-19-8-17-7-13(19)12(6-16)18-11-5-9(15)3-4-10(11)14/h3-5,7-8,12,18H,2,6,16H2,1H3. The molecule has 0 amide bonds. The Bertz CT molecular complexity index is 555. The topological polar surface area (TPSA) is 55.9 Å². The van der Waals surface area contributed by atoms with Crippen LogP contribution in [0, 0.1) is 5.82 Å². The number of aryl methyl sites for hydroxylation is 1. The van der Waals surface area contributed by atoms with Gasteiger partial charge in [-0.1, -0.05) is 11.6 Å². The van der Waals surface area contributed by atoms with Gasteiger partial charge in [0.15, 0.2) is 0 Å². The lowest BCUT2D eigenvalue weighted by molar-refractivity contribution is 0.626. The first-order valence-electron chi connectivity index (χ1n) is 6.07. The van der Waals surface area contributed by atoms with E-state index in [0.29, 0.717) is 17.3 Å². The van der Waals surface area contributed by atoms with Crippen LogP contribution >= 0.6 is 11.6 Å². The highest BCUT2D eigenvalue weighted by Gasteiger charge is 2.15. The summed E-state index contributed by atoms with van der Waals surface area (Å²) in [5.74, 6) is -0.341. The molecule has 0 aliphatic rings. The van der Waals surface area contributed by atoms with Crippen molar-refractivity contribution in [3.8, 4) is 0 Å². The van der Waals surface area contributed by atoms with Crippen LogP contribution in [-0.4, -0.2) is 16.1 Å². The number of halogens is 2. The summed E-state index contributed by atoms with van der Waals surface area (Å²) in [7, 11) is 0. The van der Waals surface area contributed by atoms with E-state index in [4.69, 9.17) is 17.3 Å². The molecule has 102 valence electrons. The largest absolute Gasteiger partial charge is 0.374 e. The SMILES string of the molecule is CCn1cncc1C(CN)Nc1cc(F)ccc1Cl. The number of nitrogens with zero attached hydrogens (tertiary/aromatic N) is 2. The molecule has 2 aromatic rings. The summed E-state index contributed by atoms with van der Waals surface area (Å²) in [5, 5.41) is 3.62. The summed E-state index contributed by atoms with van der Waals surface area (Å²) in [5.41, 5.74) is 7.26. The molecule has 0 saturated heterocycles. The van der Waals surface area contributed by atoms with E-state index in [0.717, 1.165) is 12.2 Å². The molecule has 1 aromatic heterocycles. The normalized spacial score (nSPS) is 12.4. The van der Waals surface area contributed by atoms with Crippen molar-refractivity contribution < 1.29 is 4.39 Å². The lowest BCUT2D eigenvalue weighted by atomic mass is 10.2. The van der Waals surface area contributed by atoms with E-state index in [2.05, 4.69) is 10.3 Å². The number of nitrogens with two attached hydrogens (primary N) is 1. The van der Waals surface area contributed by atoms with Gasteiger partial charge < -0.3 is 15.6 Å². The Morgan fingerprint density at radius 3 is 3.00 bits per heavy atom. The van der Waals surface area contributed by atoms with Gasteiger partial charge in [-0.05, 0) is 25.1 Å². The van der Waals surface area contributed by atoms with E-state index in [1.165, 1.54) is 18.2 Å². The van der Waals surface area contributed by atoms with Crippen LogP contribution in [0.2, 0.25) is 5.02 Å². The van der Waals surface area contributed by atoms with Crippen molar-refractivity contribution in [2.24, 2.45) is 5.73 Å². The third kappa shape index (κ3) is 3.05. The van der Waals surface area contributed by atoms with E-state index in [1.807, 2.05) is 11.5 Å². The maximum Gasteiger partial charge on any atom is 0.125 e. The molecule has 6 heteroatoms. The lowest BCUT2D eigenvalue weighted by Crippen LogP contribution is -2.23. The van der Waals surface area contributed by atoms with Crippen LogP contribution in [0.4, 0.5) is 10.1 Å². The third-order valence-corrected chi connectivity index (χ3v) is 3.27. The van der Waals surface area contributed by atoms with Gasteiger partial charge in [0.2, 0.25) is 0 Å². The van der Waals surface area contributed by atoms with Crippen LogP contribution in [-0.2, 0) is 6.54 Å². The highest BCUT2D eigenvalue weighted by molar-refractivity contribution is 6.33. The summed E-state index contributed by atoms with van der Waals surface area (Å²) in [6, 6.07) is 4.03. The zero-order chi connectivity index (χ0) is 13.8. The number of anilines is 1. The minimum atomic E-state index is -0.341. The van der Waals surface area contributed by atoms with Crippen LogP contribution in [0.5, 0.6) is 0 Å². The number of nitrogens with one attached hydrogen (secondary N) is 1. The first-order chi connectivity index (χ1) is 9.15. The Labute approximate surface area is 116 Å². The second-order valence-corrected chi connectivity index (χ2v) is 4.57. The van der Waals surface area contributed by atoms with Gasteiger partial charge in [-0.25, -0.2) is 9.37 Å². The maximum absolute atomic E-state index is 13.2. The van der Waals surface area contributed by atoms with Crippen molar-refractivity contribution in [2.45, 2.75) is 19.5 Å². The fourth-order valence-corrected chi connectivity index (χ4v) is 2.11. The van der Waals surface area contributed by atoms with Gasteiger partial charge in [0.25, 0.3) is 0 Å². The summed E-state index contributed by atoms with van der Waals surface area (Å²) in [6.45, 7) is 3.18. The zero-order valence-electron chi connectivity index (χ0n) is 10.6. The van der Waals surface area contributed by atoms with Gasteiger partial charge in [0.05, 0.1) is 35.0 Å². The predicted molar refractivity (Wildman–Crippen MR) is 74.7 cm³/mol. The molecule has 0 fully saturated rings. The van der Waals surface area contributed by atoms with Gasteiger partial charge in [-0.3, -0.25) is 0 Å². The molecule has 1 atom stereocenters. The van der Waals surface area contributed by atoms with Gasteiger partial charge in [-0.15, -0.1) is 0 Å². The van der Waals surface area contributed by atoms with E-state index in [9.17, 15) is 4.39 Å². The molecule has 4 nitrogen and oxygen atoms in total. The van der Waals surface area contributed by atoms with Gasteiger partial charge >= 0.3 is 0 Å². The summed E-state index contributed by atoms with van der Waals surface area (Å²) in [4.78, 5) is 4.10. The first kappa shape index (κ1) is 13.8. The van der Waals surface area contributed by atoms with Crippen molar-refractivity contribution in [3.63, 3.8) is 0 Å². The molecule has 0 saturated carbocycles. The van der Waals surface area contributed by atoms with Crippen LogP contribution < -0.4 is 11.1 Å². The monoisotopic (exact) mass is 282 g/mol. The van der Waals surface area contributed by atoms with E-state index < -0.39 is 0 Å². The number of benzene rings is 1. The Hall–Kier alpha value is -1.59. The average Bonchev–Trinajstić information content (AvgIpc) is 2.88. The van der Waals surface area contributed by atoms with Crippen molar-refractivity contribution in [3.05, 3.63) is 47.3 Å². The third-order valence-electron chi connectivity index (χ3n) is 2.94. The van der Waals surface area contributed by atoms with E-state index >= 15 is 0 Å². The highest BCUT2D eigenvalue weighted by atomic mass is 35.5. The van der Waals surface area contributed by atoms with Crippen LogP contribution in [0.25, 0.3) is 0 Å². The zero-order valence-corrected chi connectivity index (χ0v) is 11.4. The fraction of sp³-hybridized carbons (Fsp3) is 0.308. The van der Waals surface area contributed by atoms with Gasteiger partial charge in [0.1, 0.15) is 5.82 Å². The number of hydrogen-bond acceptors (Lipinski definition) is 3. The number of hydrogen-bond donors (Lipinski definition) is 2. The smallest absolute Gasteiger partial charge is 0.125 e. The lowest BCUT2D eigenvalue weighted by Gasteiger charge is -2.20. The second-order valence-electron chi connectivity index (χ2n) is 4.16. The number of aromatic nitrogens is 2. The Balaban J connectivity index is 2.26. The quantitative estimate of drug-likeness (QED) is 0.887. The van der Waals surface area contributed by atoms with Crippen molar-refractivity contribution in [1.29, 1.82) is 0 Å². The number of rotatable bonds is 5. The molecule has 0 spiro atoms. The molecule has 19 heavy (non-hydrogen) atoms. The number of imidazole rings is 1. The molecule has 0 radical (unpaired) electrons.